The molecule has 3 N–H and O–H groups in total. The lowest BCUT2D eigenvalue weighted by atomic mass is 9.92. The number of carbonyl (C=O) groups is 2. The SMILES string of the molecule is CC(=O)NCCCC[C@@H](Cc1cc(C)c(F)c(C)c1)C(=O)NO. The molecule has 0 saturated carbocycles. The molecule has 5 nitrogen and oxygen atoms in total. The van der Waals surface area contributed by atoms with Crippen LogP contribution in [0.2, 0.25) is 0 Å². The first-order valence-electron chi connectivity index (χ1n) is 7.79. The molecule has 0 aliphatic heterocycles. The highest BCUT2D eigenvalue weighted by Crippen LogP contribution is 2.20. The van der Waals surface area contributed by atoms with Crippen LogP contribution in [0.15, 0.2) is 12.1 Å². The minimum absolute atomic E-state index is 0.0769. The smallest absolute Gasteiger partial charge is 0.246 e. The molecule has 0 saturated heterocycles. The number of benzene rings is 1. The molecule has 0 fully saturated rings. The first-order chi connectivity index (χ1) is 10.8. The highest BCUT2D eigenvalue weighted by molar-refractivity contribution is 5.77. The van der Waals surface area contributed by atoms with Crippen LogP contribution in [-0.2, 0) is 16.0 Å². The lowest BCUT2D eigenvalue weighted by molar-refractivity contribution is -0.133. The van der Waals surface area contributed by atoms with Crippen molar-refractivity contribution in [2.24, 2.45) is 5.92 Å². The summed E-state index contributed by atoms with van der Waals surface area (Å²) in [5.41, 5.74) is 3.67. The third kappa shape index (κ3) is 6.36. The molecule has 0 unspecified atom stereocenters. The summed E-state index contributed by atoms with van der Waals surface area (Å²) in [4.78, 5) is 22.6. The zero-order chi connectivity index (χ0) is 17.4. The minimum Gasteiger partial charge on any atom is -0.356 e. The van der Waals surface area contributed by atoms with Crippen LogP contribution in [0.4, 0.5) is 4.39 Å². The fourth-order valence-electron chi connectivity index (χ4n) is 2.64. The number of carbonyl (C=O) groups excluding carboxylic acids is 2. The molecule has 0 aliphatic carbocycles. The molecule has 0 spiro atoms. The number of hydrogen-bond acceptors (Lipinski definition) is 3. The second-order valence-corrected chi connectivity index (χ2v) is 5.90. The van der Waals surface area contributed by atoms with Crippen LogP contribution in [0.25, 0.3) is 0 Å². The first-order valence-corrected chi connectivity index (χ1v) is 7.79. The van der Waals surface area contributed by atoms with Gasteiger partial charge in [-0.1, -0.05) is 18.6 Å². The monoisotopic (exact) mass is 324 g/mol. The van der Waals surface area contributed by atoms with Crippen molar-refractivity contribution in [3.63, 3.8) is 0 Å². The Morgan fingerprint density at radius 2 is 1.83 bits per heavy atom. The van der Waals surface area contributed by atoms with Gasteiger partial charge in [0.25, 0.3) is 0 Å². The molecular weight excluding hydrogens is 299 g/mol. The van der Waals surface area contributed by atoms with Gasteiger partial charge in [-0.25, -0.2) is 9.87 Å². The van der Waals surface area contributed by atoms with Crippen molar-refractivity contribution in [3.05, 3.63) is 34.6 Å². The zero-order valence-electron chi connectivity index (χ0n) is 13.9. The topological polar surface area (TPSA) is 78.4 Å². The van der Waals surface area contributed by atoms with E-state index in [4.69, 9.17) is 5.21 Å². The van der Waals surface area contributed by atoms with Gasteiger partial charge in [-0.15, -0.1) is 0 Å². The summed E-state index contributed by atoms with van der Waals surface area (Å²) in [5.74, 6) is -1.13. The van der Waals surface area contributed by atoms with Gasteiger partial charge in [0, 0.05) is 19.4 Å². The molecule has 0 heterocycles. The Morgan fingerprint density at radius 3 is 2.35 bits per heavy atom. The van der Waals surface area contributed by atoms with Crippen molar-refractivity contribution in [1.29, 1.82) is 0 Å². The normalized spacial score (nSPS) is 11.9. The van der Waals surface area contributed by atoms with Gasteiger partial charge in [0.2, 0.25) is 11.8 Å². The maximum absolute atomic E-state index is 13.7. The zero-order valence-corrected chi connectivity index (χ0v) is 13.9. The second-order valence-electron chi connectivity index (χ2n) is 5.90. The quantitative estimate of drug-likeness (QED) is 0.390. The fraction of sp³-hybridized carbons (Fsp3) is 0.529. The Morgan fingerprint density at radius 1 is 1.22 bits per heavy atom. The van der Waals surface area contributed by atoms with Crippen molar-refractivity contribution in [1.82, 2.24) is 10.8 Å². The van der Waals surface area contributed by atoms with E-state index >= 15 is 0 Å². The average molecular weight is 324 g/mol. The molecule has 1 aromatic carbocycles. The summed E-state index contributed by atoms with van der Waals surface area (Å²) < 4.78 is 13.7. The number of unbranched alkanes of at least 4 members (excludes halogenated alkanes) is 1. The maximum atomic E-state index is 13.7. The number of halogens is 1. The molecule has 0 radical (unpaired) electrons. The van der Waals surface area contributed by atoms with Crippen molar-refractivity contribution in [3.8, 4) is 0 Å². The lowest BCUT2D eigenvalue weighted by Crippen LogP contribution is -2.29. The molecule has 0 aliphatic rings. The van der Waals surface area contributed by atoms with Crippen molar-refractivity contribution < 1.29 is 19.2 Å². The van der Waals surface area contributed by atoms with Gasteiger partial charge in [0.15, 0.2) is 0 Å². The van der Waals surface area contributed by atoms with E-state index in [9.17, 15) is 14.0 Å². The van der Waals surface area contributed by atoms with Crippen LogP contribution in [-0.4, -0.2) is 23.6 Å². The van der Waals surface area contributed by atoms with Crippen LogP contribution in [0.3, 0.4) is 0 Å². The predicted octanol–water partition coefficient (Wildman–Crippen LogP) is 2.41. The first kappa shape index (κ1) is 19.1. The number of aryl methyl sites for hydroxylation is 2. The van der Waals surface area contributed by atoms with Crippen molar-refractivity contribution in [2.45, 2.75) is 46.5 Å². The fourth-order valence-corrected chi connectivity index (χ4v) is 2.64. The molecule has 128 valence electrons. The molecule has 1 aromatic rings. The van der Waals surface area contributed by atoms with E-state index in [1.165, 1.54) is 6.92 Å². The van der Waals surface area contributed by atoms with E-state index in [0.29, 0.717) is 30.5 Å². The third-order valence-electron chi connectivity index (χ3n) is 3.81. The maximum Gasteiger partial charge on any atom is 0.246 e. The van der Waals surface area contributed by atoms with E-state index in [-0.39, 0.29) is 17.6 Å². The Labute approximate surface area is 136 Å². The molecular formula is C17H25FN2O3. The van der Waals surface area contributed by atoms with E-state index in [2.05, 4.69) is 5.32 Å². The predicted molar refractivity (Wildman–Crippen MR) is 85.5 cm³/mol. The van der Waals surface area contributed by atoms with Gasteiger partial charge in [-0.2, -0.15) is 0 Å². The summed E-state index contributed by atoms with van der Waals surface area (Å²) in [6, 6.07) is 3.47. The average Bonchev–Trinajstić information content (AvgIpc) is 2.49. The number of rotatable bonds is 8. The standard InChI is InChI=1S/C17H25FN2O3/c1-11-8-14(9-12(2)16(11)18)10-15(17(22)20-23)6-4-5-7-19-13(3)21/h8-9,15,23H,4-7,10H2,1-3H3,(H,19,21)(H,20,22)/t15-/m0/s1. The van der Waals surface area contributed by atoms with E-state index in [0.717, 1.165) is 18.4 Å². The molecule has 0 aromatic heterocycles. The van der Waals surface area contributed by atoms with Crippen LogP contribution in [0.5, 0.6) is 0 Å². The van der Waals surface area contributed by atoms with Crippen LogP contribution in [0.1, 0.15) is 42.9 Å². The van der Waals surface area contributed by atoms with Crippen molar-refractivity contribution in [2.75, 3.05) is 6.54 Å². The number of hydroxylamine groups is 1. The van der Waals surface area contributed by atoms with Crippen LogP contribution < -0.4 is 10.8 Å². The Hall–Kier alpha value is -1.95. The van der Waals surface area contributed by atoms with Gasteiger partial charge in [0.1, 0.15) is 5.82 Å². The molecule has 1 atom stereocenters. The van der Waals surface area contributed by atoms with E-state index < -0.39 is 5.91 Å². The molecule has 6 heteroatoms. The third-order valence-corrected chi connectivity index (χ3v) is 3.81. The summed E-state index contributed by atoms with van der Waals surface area (Å²) in [7, 11) is 0. The summed E-state index contributed by atoms with van der Waals surface area (Å²) in [6.07, 6.45) is 2.53. The highest BCUT2D eigenvalue weighted by atomic mass is 19.1. The van der Waals surface area contributed by atoms with Gasteiger partial charge in [-0.05, 0) is 49.8 Å². The number of amides is 2. The Kier molecular flexibility index (Phi) is 7.68. The number of nitrogens with one attached hydrogen (secondary N) is 2. The second kappa shape index (κ2) is 9.25. The van der Waals surface area contributed by atoms with Crippen LogP contribution >= 0.6 is 0 Å². The summed E-state index contributed by atoms with van der Waals surface area (Å²) in [6.45, 7) is 5.42. The van der Waals surface area contributed by atoms with Gasteiger partial charge < -0.3 is 5.32 Å². The summed E-state index contributed by atoms with van der Waals surface area (Å²) >= 11 is 0. The van der Waals surface area contributed by atoms with Gasteiger partial charge >= 0.3 is 0 Å². The van der Waals surface area contributed by atoms with Crippen molar-refractivity contribution >= 4 is 11.8 Å². The Balaban J connectivity index is 2.64. The van der Waals surface area contributed by atoms with Gasteiger partial charge in [-0.3, -0.25) is 14.8 Å². The van der Waals surface area contributed by atoms with Crippen LogP contribution in [0, 0.1) is 25.6 Å². The largest absolute Gasteiger partial charge is 0.356 e. The minimum atomic E-state index is -0.441. The number of hydrogen-bond donors (Lipinski definition) is 3. The van der Waals surface area contributed by atoms with E-state index in [1.54, 1.807) is 31.5 Å². The molecule has 2 amide bonds. The van der Waals surface area contributed by atoms with Gasteiger partial charge in [0.05, 0.1) is 0 Å². The molecule has 1 rings (SSSR count). The van der Waals surface area contributed by atoms with E-state index in [1.807, 2.05) is 0 Å². The molecule has 0 bridgehead atoms. The highest BCUT2D eigenvalue weighted by Gasteiger charge is 2.19. The molecule has 23 heavy (non-hydrogen) atoms. The Bertz CT molecular complexity index is 538. The lowest BCUT2D eigenvalue weighted by Gasteiger charge is -2.16. The summed E-state index contributed by atoms with van der Waals surface area (Å²) in [5, 5.41) is 11.6.